The third-order valence-corrected chi connectivity index (χ3v) is 8.96. The number of fused-ring (bicyclic) bond motifs is 2. The molecule has 0 atom stereocenters. The van der Waals surface area contributed by atoms with Crippen LogP contribution in [0.4, 0.5) is 5.82 Å². The van der Waals surface area contributed by atoms with Gasteiger partial charge in [0.15, 0.2) is 0 Å². The van der Waals surface area contributed by atoms with Crippen LogP contribution in [0.3, 0.4) is 0 Å². The van der Waals surface area contributed by atoms with Crippen LogP contribution in [-0.2, 0) is 0 Å². The lowest BCUT2D eigenvalue weighted by Gasteiger charge is -2.35. The summed E-state index contributed by atoms with van der Waals surface area (Å²) in [5.41, 5.74) is 0.910. The molecule has 31 heavy (non-hydrogen) atoms. The first-order valence-corrected chi connectivity index (χ1v) is 13.2. The Hall–Kier alpha value is -1.32. The number of aromatic nitrogens is 1. The number of carbonyl (C=O) groups excluding carboxylic acids is 1. The maximum atomic E-state index is 12.7. The van der Waals surface area contributed by atoms with Gasteiger partial charge in [-0.05, 0) is 54.5 Å². The van der Waals surface area contributed by atoms with Crippen LogP contribution in [0.1, 0.15) is 23.2 Å². The minimum atomic E-state index is 0. The molecule has 166 valence electrons. The number of thiophene rings is 1. The molecule has 0 radical (unpaired) electrons. The van der Waals surface area contributed by atoms with Gasteiger partial charge in [0.1, 0.15) is 5.82 Å². The number of thioether (sulfide) groups is 1. The van der Waals surface area contributed by atoms with Crippen LogP contribution < -0.4 is 4.90 Å². The van der Waals surface area contributed by atoms with E-state index in [4.69, 9.17) is 4.37 Å². The van der Waals surface area contributed by atoms with E-state index in [1.165, 1.54) is 14.3 Å². The molecule has 9 heteroatoms. The second kappa shape index (κ2) is 10.5. The number of piperazine rings is 1. The molecule has 0 spiro atoms. The molecular weight excluding hydrogens is 468 g/mol. The van der Waals surface area contributed by atoms with Crippen molar-refractivity contribution in [1.82, 2.24) is 14.2 Å². The molecular formula is C22H27ClN4OS3. The van der Waals surface area contributed by atoms with Crippen molar-refractivity contribution in [1.29, 1.82) is 0 Å². The minimum Gasteiger partial charge on any atom is -0.353 e. The van der Waals surface area contributed by atoms with E-state index in [9.17, 15) is 4.79 Å². The van der Waals surface area contributed by atoms with Gasteiger partial charge < -0.3 is 9.80 Å². The summed E-state index contributed by atoms with van der Waals surface area (Å²) in [5, 5.41) is 3.32. The fourth-order valence-corrected chi connectivity index (χ4v) is 7.12. The van der Waals surface area contributed by atoms with Crippen molar-refractivity contribution in [2.75, 3.05) is 56.5 Å². The van der Waals surface area contributed by atoms with Gasteiger partial charge in [0.25, 0.3) is 5.91 Å². The predicted octanol–water partition coefficient (Wildman–Crippen LogP) is 4.93. The quantitative estimate of drug-likeness (QED) is 0.454. The van der Waals surface area contributed by atoms with Crippen molar-refractivity contribution in [3.63, 3.8) is 0 Å². The molecule has 1 amide bonds. The van der Waals surface area contributed by atoms with E-state index in [1.54, 1.807) is 22.9 Å². The normalized spacial score (nSPS) is 17.5. The van der Waals surface area contributed by atoms with Crippen LogP contribution in [0, 0.1) is 0 Å². The van der Waals surface area contributed by atoms with Crippen molar-refractivity contribution < 1.29 is 4.79 Å². The van der Waals surface area contributed by atoms with Crippen molar-refractivity contribution >= 4 is 68.8 Å². The number of amides is 1. The van der Waals surface area contributed by atoms with Gasteiger partial charge in [-0.1, -0.05) is 12.1 Å². The molecule has 1 fully saturated rings. The summed E-state index contributed by atoms with van der Waals surface area (Å²) < 4.78 is 7.17. The lowest BCUT2D eigenvalue weighted by molar-refractivity contribution is 0.0761. The highest BCUT2D eigenvalue weighted by Gasteiger charge is 2.24. The number of benzene rings is 1. The van der Waals surface area contributed by atoms with E-state index in [1.807, 2.05) is 23.2 Å². The monoisotopic (exact) mass is 494 g/mol. The summed E-state index contributed by atoms with van der Waals surface area (Å²) in [5.74, 6) is 2.38. The third kappa shape index (κ3) is 5.03. The van der Waals surface area contributed by atoms with Crippen molar-refractivity contribution in [2.24, 2.45) is 0 Å². The highest BCUT2D eigenvalue weighted by Crippen LogP contribution is 2.32. The molecule has 2 aromatic heterocycles. The molecule has 2 aliphatic heterocycles. The van der Waals surface area contributed by atoms with Crippen LogP contribution in [0.2, 0.25) is 0 Å². The Morgan fingerprint density at radius 2 is 1.77 bits per heavy atom. The zero-order valence-corrected chi connectivity index (χ0v) is 20.6. The van der Waals surface area contributed by atoms with Crippen molar-refractivity contribution in [3.8, 4) is 0 Å². The molecule has 0 saturated carbocycles. The third-order valence-electron chi connectivity index (χ3n) is 5.92. The predicted molar refractivity (Wildman–Crippen MR) is 136 cm³/mol. The lowest BCUT2D eigenvalue weighted by Crippen LogP contribution is -2.46. The molecule has 4 heterocycles. The van der Waals surface area contributed by atoms with Crippen LogP contribution in [-0.4, -0.2) is 71.6 Å². The van der Waals surface area contributed by atoms with Gasteiger partial charge in [-0.15, -0.1) is 35.5 Å². The molecule has 2 aliphatic rings. The van der Waals surface area contributed by atoms with E-state index in [0.29, 0.717) is 0 Å². The van der Waals surface area contributed by atoms with Crippen LogP contribution in [0.5, 0.6) is 0 Å². The molecule has 5 nitrogen and oxygen atoms in total. The fourth-order valence-electron chi connectivity index (χ4n) is 4.22. The number of rotatable bonds is 6. The van der Waals surface area contributed by atoms with Gasteiger partial charge in [-0.2, -0.15) is 4.37 Å². The minimum absolute atomic E-state index is 0. The Kier molecular flexibility index (Phi) is 7.77. The smallest absolute Gasteiger partial charge is 0.255 e. The Balaban J connectivity index is 0.00000231. The standard InChI is InChI=1S/C22H26N4OS3.ClH/c27-21-18-7-15-28-22(18)29-16-14-26(21)9-4-3-8-24-10-12-25(13-11-24)20-17-5-1-2-6-19(17)30-23-20;/h1-2,5-7,15H,3-4,8-14,16H2;1H. The summed E-state index contributed by atoms with van der Waals surface area (Å²) in [6, 6.07) is 10.5. The van der Waals surface area contributed by atoms with Gasteiger partial charge in [-0.3, -0.25) is 9.69 Å². The molecule has 0 unspecified atom stereocenters. The first-order chi connectivity index (χ1) is 14.8. The molecule has 3 aromatic rings. The van der Waals surface area contributed by atoms with Gasteiger partial charge >= 0.3 is 0 Å². The fraction of sp³-hybridized carbons (Fsp3) is 0.455. The molecule has 0 bridgehead atoms. The van der Waals surface area contributed by atoms with Crippen molar-refractivity contribution in [2.45, 2.75) is 17.1 Å². The Morgan fingerprint density at radius 1 is 0.968 bits per heavy atom. The number of hydrogen-bond acceptors (Lipinski definition) is 7. The van der Waals surface area contributed by atoms with Gasteiger partial charge in [0.05, 0.1) is 14.5 Å². The summed E-state index contributed by atoms with van der Waals surface area (Å²) in [7, 11) is 0. The van der Waals surface area contributed by atoms with Crippen LogP contribution in [0.15, 0.2) is 39.9 Å². The van der Waals surface area contributed by atoms with E-state index >= 15 is 0 Å². The van der Waals surface area contributed by atoms with Crippen LogP contribution >= 0.6 is 47.0 Å². The highest BCUT2D eigenvalue weighted by molar-refractivity contribution is 8.01. The van der Waals surface area contributed by atoms with Gasteiger partial charge in [-0.25, -0.2) is 0 Å². The second-order valence-electron chi connectivity index (χ2n) is 7.80. The summed E-state index contributed by atoms with van der Waals surface area (Å²) in [6.45, 7) is 7.11. The Bertz CT molecular complexity index is 1020. The Morgan fingerprint density at radius 3 is 2.65 bits per heavy atom. The van der Waals surface area contributed by atoms with E-state index in [-0.39, 0.29) is 18.3 Å². The molecule has 1 aromatic carbocycles. The summed E-state index contributed by atoms with van der Waals surface area (Å²) >= 11 is 5.11. The number of carbonyl (C=O) groups is 1. The zero-order valence-electron chi connectivity index (χ0n) is 17.4. The molecule has 0 aliphatic carbocycles. The second-order valence-corrected chi connectivity index (χ2v) is 10.9. The van der Waals surface area contributed by atoms with E-state index < -0.39 is 0 Å². The van der Waals surface area contributed by atoms with Crippen LogP contribution in [0.25, 0.3) is 10.1 Å². The molecule has 1 saturated heterocycles. The highest BCUT2D eigenvalue weighted by atomic mass is 35.5. The van der Waals surface area contributed by atoms with Gasteiger partial charge in [0.2, 0.25) is 0 Å². The topological polar surface area (TPSA) is 39.7 Å². The number of anilines is 1. The summed E-state index contributed by atoms with van der Waals surface area (Å²) in [6.07, 6.45) is 2.22. The first-order valence-electron chi connectivity index (χ1n) is 10.6. The first kappa shape index (κ1) is 22.9. The van der Waals surface area contributed by atoms with E-state index in [2.05, 4.69) is 39.0 Å². The van der Waals surface area contributed by atoms with Crippen molar-refractivity contribution in [3.05, 3.63) is 41.3 Å². The zero-order chi connectivity index (χ0) is 20.3. The number of unbranched alkanes of at least 4 members (excludes halogenated alkanes) is 1. The largest absolute Gasteiger partial charge is 0.353 e. The molecule has 0 N–H and O–H groups in total. The SMILES string of the molecule is Cl.O=C1c2ccsc2SCCN1CCCCN1CCN(c2nsc3ccccc23)CC1. The number of nitrogens with zero attached hydrogens (tertiary/aromatic N) is 4. The maximum Gasteiger partial charge on any atom is 0.255 e. The lowest BCUT2D eigenvalue weighted by atomic mass is 10.2. The van der Waals surface area contributed by atoms with Gasteiger partial charge in [0, 0.05) is 50.4 Å². The van der Waals surface area contributed by atoms with E-state index in [0.717, 1.165) is 75.8 Å². The summed E-state index contributed by atoms with van der Waals surface area (Å²) in [4.78, 5) is 19.8. The average Bonchev–Trinajstić information content (AvgIpc) is 3.39. The average molecular weight is 495 g/mol. The maximum absolute atomic E-state index is 12.7. The molecule has 5 rings (SSSR count). The Labute approximate surface area is 202 Å². The number of halogens is 1. The number of hydrogen-bond donors (Lipinski definition) is 0.